The Balaban J connectivity index is 2.14. The van der Waals surface area contributed by atoms with Crippen LogP contribution in [0.2, 0.25) is 0 Å². The van der Waals surface area contributed by atoms with Gasteiger partial charge in [-0.15, -0.1) is 0 Å². The van der Waals surface area contributed by atoms with Crippen LogP contribution in [0.5, 0.6) is 0 Å². The van der Waals surface area contributed by atoms with E-state index < -0.39 is 11.6 Å². The van der Waals surface area contributed by atoms with Crippen molar-refractivity contribution in [2.24, 2.45) is 0 Å². The highest BCUT2D eigenvalue weighted by Crippen LogP contribution is 2.32. The second-order valence-electron chi connectivity index (χ2n) is 6.53. The van der Waals surface area contributed by atoms with Crippen molar-refractivity contribution < 1.29 is 8.78 Å². The Hall–Kier alpha value is -3.53. The van der Waals surface area contributed by atoms with E-state index in [1.165, 1.54) is 6.07 Å². The lowest BCUT2D eigenvalue weighted by Gasteiger charge is -2.21. The molecule has 0 amide bonds. The topological polar surface area (TPSA) is 22.0 Å². The molecule has 0 atom stereocenters. The average molecular weight is 373 g/mol. The Morgan fingerprint density at radius 2 is 1.36 bits per heavy atom. The summed E-state index contributed by atoms with van der Waals surface area (Å²) in [5.74, 6) is -1.87. The Bertz CT molecular complexity index is 1200. The van der Waals surface area contributed by atoms with Gasteiger partial charge in [-0.3, -0.25) is 4.79 Å². The van der Waals surface area contributed by atoms with Crippen LogP contribution in [-0.2, 0) is 0 Å². The normalized spacial score (nSPS) is 10.8. The molecule has 4 aromatic rings. The molecule has 28 heavy (non-hydrogen) atoms. The number of pyridine rings is 1. The lowest BCUT2D eigenvalue weighted by Crippen LogP contribution is -2.15. The van der Waals surface area contributed by atoms with Gasteiger partial charge in [-0.1, -0.05) is 48.5 Å². The van der Waals surface area contributed by atoms with Gasteiger partial charge in [0.15, 0.2) is 17.1 Å². The summed E-state index contributed by atoms with van der Waals surface area (Å²) >= 11 is 0. The van der Waals surface area contributed by atoms with Crippen LogP contribution < -0.4 is 5.43 Å². The van der Waals surface area contributed by atoms with Crippen molar-refractivity contribution in [2.45, 2.75) is 6.92 Å². The zero-order valence-electron chi connectivity index (χ0n) is 15.2. The van der Waals surface area contributed by atoms with E-state index in [-0.39, 0.29) is 5.43 Å². The van der Waals surface area contributed by atoms with Gasteiger partial charge in [-0.2, -0.15) is 0 Å². The van der Waals surface area contributed by atoms with Gasteiger partial charge in [-0.25, -0.2) is 8.78 Å². The summed E-state index contributed by atoms with van der Waals surface area (Å²) in [5, 5.41) is 0. The highest BCUT2D eigenvalue weighted by atomic mass is 19.2. The molecule has 3 aromatic carbocycles. The predicted molar refractivity (Wildman–Crippen MR) is 108 cm³/mol. The lowest BCUT2D eigenvalue weighted by atomic mass is 10.0. The van der Waals surface area contributed by atoms with E-state index in [2.05, 4.69) is 0 Å². The van der Waals surface area contributed by atoms with Gasteiger partial charge in [0.05, 0.1) is 11.4 Å². The summed E-state index contributed by atoms with van der Waals surface area (Å²) in [5.41, 5.74) is 3.64. The first-order valence-corrected chi connectivity index (χ1v) is 8.89. The molecule has 0 saturated carbocycles. The molecule has 0 aliphatic rings. The summed E-state index contributed by atoms with van der Waals surface area (Å²) in [6.07, 6.45) is 0. The van der Waals surface area contributed by atoms with Crippen molar-refractivity contribution in [1.29, 1.82) is 0 Å². The molecule has 0 aliphatic carbocycles. The first-order chi connectivity index (χ1) is 13.6. The van der Waals surface area contributed by atoms with Crippen LogP contribution in [0, 0.1) is 18.6 Å². The van der Waals surface area contributed by atoms with Crippen LogP contribution in [0.1, 0.15) is 5.56 Å². The number of para-hydroxylation sites is 1. The van der Waals surface area contributed by atoms with Gasteiger partial charge in [0, 0.05) is 22.9 Å². The van der Waals surface area contributed by atoms with E-state index in [1.807, 2.05) is 65.2 Å². The maximum atomic E-state index is 14.0. The standard InChI is InChI=1S/C24H17F2NO/c1-16-23(28)15-22(17-8-4-2-5-9-17)27(19-10-6-3-7-11-19)24(16)18-12-13-20(25)21(26)14-18/h2-15H,1H3. The number of aromatic nitrogens is 1. The van der Waals surface area contributed by atoms with Gasteiger partial charge in [0.1, 0.15) is 0 Å². The minimum absolute atomic E-state index is 0.161. The van der Waals surface area contributed by atoms with Crippen molar-refractivity contribution in [3.63, 3.8) is 0 Å². The molecule has 1 aromatic heterocycles. The molecule has 1 heterocycles. The maximum absolute atomic E-state index is 14.0. The van der Waals surface area contributed by atoms with Crippen molar-refractivity contribution in [3.05, 3.63) is 112 Å². The van der Waals surface area contributed by atoms with Crippen LogP contribution in [0.25, 0.3) is 28.2 Å². The van der Waals surface area contributed by atoms with Gasteiger partial charge in [0.25, 0.3) is 0 Å². The Morgan fingerprint density at radius 1 is 0.714 bits per heavy atom. The minimum Gasteiger partial charge on any atom is -0.309 e. The fourth-order valence-corrected chi connectivity index (χ4v) is 3.36. The Labute approximate surface area is 161 Å². The molecule has 0 radical (unpaired) electrons. The van der Waals surface area contributed by atoms with E-state index in [9.17, 15) is 13.6 Å². The molecule has 0 fully saturated rings. The summed E-state index contributed by atoms with van der Waals surface area (Å²) in [4.78, 5) is 12.8. The first-order valence-electron chi connectivity index (χ1n) is 8.89. The number of halogens is 2. The minimum atomic E-state index is -0.950. The molecule has 0 saturated heterocycles. The molecule has 4 rings (SSSR count). The van der Waals surface area contributed by atoms with Crippen LogP contribution in [-0.4, -0.2) is 4.57 Å². The zero-order chi connectivity index (χ0) is 19.7. The molecular weight excluding hydrogens is 356 g/mol. The van der Waals surface area contributed by atoms with E-state index in [0.29, 0.717) is 22.5 Å². The third-order valence-corrected chi connectivity index (χ3v) is 4.73. The monoisotopic (exact) mass is 373 g/mol. The highest BCUT2D eigenvalue weighted by molar-refractivity contribution is 5.73. The number of nitrogens with zero attached hydrogens (tertiary/aromatic N) is 1. The number of hydrogen-bond donors (Lipinski definition) is 0. The van der Waals surface area contributed by atoms with Crippen LogP contribution in [0.15, 0.2) is 89.7 Å². The fraction of sp³-hybridized carbons (Fsp3) is 0.0417. The molecule has 4 heteroatoms. The third-order valence-electron chi connectivity index (χ3n) is 4.73. The maximum Gasteiger partial charge on any atom is 0.185 e. The summed E-state index contributed by atoms with van der Waals surface area (Å²) < 4.78 is 29.4. The SMILES string of the molecule is Cc1c(-c2ccc(F)c(F)c2)n(-c2ccccc2)c(-c2ccccc2)cc1=O. The third kappa shape index (κ3) is 3.14. The second kappa shape index (κ2) is 7.24. The van der Waals surface area contributed by atoms with Gasteiger partial charge in [-0.05, 0) is 42.8 Å². The molecule has 0 aliphatic heterocycles. The smallest absolute Gasteiger partial charge is 0.185 e. The molecule has 0 bridgehead atoms. The number of hydrogen-bond acceptors (Lipinski definition) is 1. The molecule has 2 nitrogen and oxygen atoms in total. The molecular formula is C24H17F2NO. The first kappa shape index (κ1) is 17.9. The predicted octanol–water partition coefficient (Wildman–Crippen LogP) is 5.76. The summed E-state index contributed by atoms with van der Waals surface area (Å²) in [6.45, 7) is 1.70. The zero-order valence-corrected chi connectivity index (χ0v) is 15.2. The largest absolute Gasteiger partial charge is 0.309 e. The molecule has 138 valence electrons. The molecule has 0 spiro atoms. The Morgan fingerprint density at radius 3 is 2.00 bits per heavy atom. The second-order valence-corrected chi connectivity index (χ2v) is 6.53. The van der Waals surface area contributed by atoms with Crippen molar-refractivity contribution in [1.82, 2.24) is 4.57 Å². The number of benzene rings is 3. The quantitative estimate of drug-likeness (QED) is 0.448. The van der Waals surface area contributed by atoms with E-state index in [1.54, 1.807) is 13.0 Å². The fourth-order valence-electron chi connectivity index (χ4n) is 3.36. The lowest BCUT2D eigenvalue weighted by molar-refractivity contribution is 0.509. The summed E-state index contributed by atoms with van der Waals surface area (Å²) in [7, 11) is 0. The van der Waals surface area contributed by atoms with Crippen LogP contribution in [0.3, 0.4) is 0 Å². The van der Waals surface area contributed by atoms with Gasteiger partial charge in [0.2, 0.25) is 0 Å². The Kier molecular flexibility index (Phi) is 4.62. The summed E-state index contributed by atoms with van der Waals surface area (Å²) in [6, 6.07) is 24.3. The highest BCUT2D eigenvalue weighted by Gasteiger charge is 2.18. The average Bonchev–Trinajstić information content (AvgIpc) is 2.73. The van der Waals surface area contributed by atoms with E-state index in [4.69, 9.17) is 0 Å². The van der Waals surface area contributed by atoms with Crippen LogP contribution >= 0.6 is 0 Å². The molecule has 0 unspecified atom stereocenters. The van der Waals surface area contributed by atoms with E-state index in [0.717, 1.165) is 23.4 Å². The van der Waals surface area contributed by atoms with Crippen molar-refractivity contribution >= 4 is 0 Å². The van der Waals surface area contributed by atoms with Gasteiger partial charge >= 0.3 is 0 Å². The van der Waals surface area contributed by atoms with Crippen LogP contribution in [0.4, 0.5) is 8.78 Å². The molecule has 0 N–H and O–H groups in total. The number of rotatable bonds is 3. The van der Waals surface area contributed by atoms with Crippen molar-refractivity contribution in [3.8, 4) is 28.2 Å². The van der Waals surface area contributed by atoms with Gasteiger partial charge < -0.3 is 4.57 Å². The van der Waals surface area contributed by atoms with Crippen molar-refractivity contribution in [2.75, 3.05) is 0 Å². The van der Waals surface area contributed by atoms with E-state index >= 15 is 0 Å².